The fraction of sp³-hybridized carbons (Fsp3) is 0.800. The highest BCUT2D eigenvalue weighted by molar-refractivity contribution is 4.94. The van der Waals surface area contributed by atoms with E-state index in [1.807, 2.05) is 0 Å². The molecule has 0 aliphatic rings. The van der Waals surface area contributed by atoms with Crippen molar-refractivity contribution in [3.05, 3.63) is 12.2 Å². The molecule has 4 nitrogen and oxygen atoms in total. The Kier molecular flexibility index (Phi) is 4.67. The molecule has 0 saturated carbocycles. The molecule has 1 rings (SSSR count). The lowest BCUT2D eigenvalue weighted by Crippen LogP contribution is -2.46. The predicted octanol–water partition coefficient (Wildman–Crippen LogP) is 2.50. The Bertz CT molecular complexity index is 425. The molecule has 116 valence electrons. The second kappa shape index (κ2) is 5.58. The van der Waals surface area contributed by atoms with E-state index in [9.17, 15) is 31.4 Å². The largest absolute Gasteiger partial charge is 0.403 e. The Labute approximate surface area is 110 Å². The Morgan fingerprint density at radius 1 is 1.15 bits per heavy atom. The molecule has 0 aliphatic carbocycles. The second-order valence-electron chi connectivity index (χ2n) is 4.55. The quantitative estimate of drug-likeness (QED) is 0.870. The maximum atomic E-state index is 12.4. The zero-order chi connectivity index (χ0) is 15.7. The van der Waals surface area contributed by atoms with Crippen LogP contribution >= 0.6 is 0 Å². The average molecular weight is 305 g/mol. The summed E-state index contributed by atoms with van der Waals surface area (Å²) in [6, 6.07) is -0.296. The lowest BCUT2D eigenvalue weighted by Gasteiger charge is -2.27. The van der Waals surface area contributed by atoms with E-state index in [2.05, 4.69) is 10.1 Å². The van der Waals surface area contributed by atoms with Crippen LogP contribution in [0, 0.1) is 5.92 Å². The van der Waals surface area contributed by atoms with Gasteiger partial charge in [0.05, 0.1) is 6.10 Å². The zero-order valence-electron chi connectivity index (χ0n) is 10.6. The summed E-state index contributed by atoms with van der Waals surface area (Å²) >= 11 is 0. The SMILES string of the molecule is CC(C)n1ncnc1CC(O)C(C(F)(F)F)C(F)(F)F. The molecule has 0 fully saturated rings. The third-order valence-corrected chi connectivity index (χ3v) is 2.62. The summed E-state index contributed by atoms with van der Waals surface area (Å²) in [4.78, 5) is 3.58. The van der Waals surface area contributed by atoms with Gasteiger partial charge in [-0.2, -0.15) is 31.4 Å². The first kappa shape index (κ1) is 16.7. The van der Waals surface area contributed by atoms with Crippen LogP contribution in [0.5, 0.6) is 0 Å². The van der Waals surface area contributed by atoms with Gasteiger partial charge in [-0.1, -0.05) is 0 Å². The van der Waals surface area contributed by atoms with Gasteiger partial charge in [-0.05, 0) is 13.8 Å². The first-order chi connectivity index (χ1) is 8.94. The average Bonchev–Trinajstić information content (AvgIpc) is 2.60. The number of alkyl halides is 6. The number of aromatic nitrogens is 3. The monoisotopic (exact) mass is 305 g/mol. The van der Waals surface area contributed by atoms with Gasteiger partial charge in [0.1, 0.15) is 12.2 Å². The van der Waals surface area contributed by atoms with Crippen LogP contribution in [0.3, 0.4) is 0 Å². The molecule has 0 amide bonds. The van der Waals surface area contributed by atoms with Gasteiger partial charge in [0.25, 0.3) is 0 Å². The van der Waals surface area contributed by atoms with E-state index >= 15 is 0 Å². The molecular weight excluding hydrogens is 292 g/mol. The number of hydrogen-bond acceptors (Lipinski definition) is 3. The van der Waals surface area contributed by atoms with Crippen LogP contribution in [-0.2, 0) is 6.42 Å². The molecule has 1 unspecified atom stereocenters. The van der Waals surface area contributed by atoms with Crippen LogP contribution < -0.4 is 0 Å². The van der Waals surface area contributed by atoms with E-state index in [0.29, 0.717) is 0 Å². The van der Waals surface area contributed by atoms with Gasteiger partial charge < -0.3 is 5.11 Å². The molecule has 0 saturated heterocycles. The normalized spacial score (nSPS) is 15.2. The number of aliphatic hydroxyl groups is 1. The van der Waals surface area contributed by atoms with E-state index in [0.717, 1.165) is 11.0 Å². The molecule has 1 N–H and O–H groups in total. The van der Waals surface area contributed by atoms with Crippen molar-refractivity contribution >= 4 is 0 Å². The standard InChI is InChI=1S/C10H13F6N3O/c1-5(2)19-7(17-4-18-19)3-6(20)8(9(11,12)13)10(14,15)16/h4-6,8,20H,3H2,1-2H3. The Hall–Kier alpha value is -1.32. The van der Waals surface area contributed by atoms with Crippen molar-refractivity contribution in [1.82, 2.24) is 14.8 Å². The van der Waals surface area contributed by atoms with Gasteiger partial charge in [0, 0.05) is 12.5 Å². The molecule has 10 heteroatoms. The lowest BCUT2D eigenvalue weighted by atomic mass is 9.98. The van der Waals surface area contributed by atoms with Gasteiger partial charge >= 0.3 is 12.4 Å². The van der Waals surface area contributed by atoms with Crippen LogP contribution in [0.2, 0.25) is 0 Å². The molecule has 1 aromatic heterocycles. The summed E-state index contributed by atoms with van der Waals surface area (Å²) in [7, 11) is 0. The third kappa shape index (κ3) is 3.84. The highest BCUT2D eigenvalue weighted by Gasteiger charge is 2.60. The van der Waals surface area contributed by atoms with Crippen molar-refractivity contribution in [2.75, 3.05) is 0 Å². The summed E-state index contributed by atoms with van der Waals surface area (Å²) in [5.41, 5.74) is 0. The van der Waals surface area contributed by atoms with E-state index < -0.39 is 30.8 Å². The summed E-state index contributed by atoms with van der Waals surface area (Å²) in [6.07, 6.45) is -13.7. The van der Waals surface area contributed by atoms with Crippen molar-refractivity contribution in [1.29, 1.82) is 0 Å². The molecule has 1 heterocycles. The summed E-state index contributed by atoms with van der Waals surface area (Å²) < 4.78 is 75.7. The van der Waals surface area contributed by atoms with E-state index in [4.69, 9.17) is 0 Å². The Balaban J connectivity index is 2.98. The topological polar surface area (TPSA) is 50.9 Å². The molecule has 0 aromatic carbocycles. The molecular formula is C10H13F6N3O. The van der Waals surface area contributed by atoms with Gasteiger partial charge in [-0.3, -0.25) is 0 Å². The predicted molar refractivity (Wildman–Crippen MR) is 55.7 cm³/mol. The van der Waals surface area contributed by atoms with Crippen molar-refractivity contribution < 1.29 is 31.4 Å². The molecule has 0 aliphatic heterocycles. The van der Waals surface area contributed by atoms with Gasteiger partial charge in [0.2, 0.25) is 0 Å². The van der Waals surface area contributed by atoms with Crippen LogP contribution in [0.1, 0.15) is 25.7 Å². The Morgan fingerprint density at radius 3 is 2.05 bits per heavy atom. The van der Waals surface area contributed by atoms with Gasteiger partial charge in [0.15, 0.2) is 5.92 Å². The smallest absolute Gasteiger partial charge is 0.392 e. The lowest BCUT2D eigenvalue weighted by molar-refractivity contribution is -0.306. The van der Waals surface area contributed by atoms with Crippen molar-refractivity contribution in [2.45, 2.75) is 44.8 Å². The second-order valence-corrected chi connectivity index (χ2v) is 4.55. The fourth-order valence-electron chi connectivity index (χ4n) is 1.78. The summed E-state index contributed by atoms with van der Waals surface area (Å²) in [5.74, 6) is -3.95. The summed E-state index contributed by atoms with van der Waals surface area (Å²) in [5, 5.41) is 13.0. The Morgan fingerprint density at radius 2 is 1.65 bits per heavy atom. The minimum atomic E-state index is -5.58. The third-order valence-electron chi connectivity index (χ3n) is 2.62. The number of halogens is 6. The number of hydrogen-bond donors (Lipinski definition) is 1. The van der Waals surface area contributed by atoms with Gasteiger partial charge in [-0.25, -0.2) is 9.67 Å². The fourth-order valence-corrected chi connectivity index (χ4v) is 1.78. The molecule has 1 aromatic rings. The van der Waals surface area contributed by atoms with Crippen molar-refractivity contribution in [3.8, 4) is 0 Å². The minimum absolute atomic E-state index is 0.133. The summed E-state index contributed by atoms with van der Waals surface area (Å²) in [6.45, 7) is 3.27. The highest BCUT2D eigenvalue weighted by atomic mass is 19.4. The molecule has 20 heavy (non-hydrogen) atoms. The maximum absolute atomic E-state index is 12.4. The van der Waals surface area contributed by atoms with E-state index in [1.54, 1.807) is 13.8 Å². The molecule has 0 spiro atoms. The van der Waals surface area contributed by atoms with Crippen LogP contribution in [0.4, 0.5) is 26.3 Å². The van der Waals surface area contributed by atoms with Gasteiger partial charge in [-0.15, -0.1) is 0 Å². The van der Waals surface area contributed by atoms with Crippen LogP contribution in [0.25, 0.3) is 0 Å². The first-order valence-corrected chi connectivity index (χ1v) is 5.64. The van der Waals surface area contributed by atoms with Crippen LogP contribution in [0.15, 0.2) is 6.33 Å². The van der Waals surface area contributed by atoms with E-state index in [-0.39, 0.29) is 11.9 Å². The minimum Gasteiger partial charge on any atom is -0.392 e. The molecule has 1 atom stereocenters. The van der Waals surface area contributed by atoms with Crippen molar-refractivity contribution in [3.63, 3.8) is 0 Å². The number of nitrogens with zero attached hydrogens (tertiary/aromatic N) is 3. The number of rotatable bonds is 4. The molecule has 0 radical (unpaired) electrons. The van der Waals surface area contributed by atoms with Crippen LogP contribution in [-0.4, -0.2) is 38.3 Å². The molecule has 0 bridgehead atoms. The number of aliphatic hydroxyl groups excluding tert-OH is 1. The zero-order valence-corrected chi connectivity index (χ0v) is 10.6. The first-order valence-electron chi connectivity index (χ1n) is 5.64. The van der Waals surface area contributed by atoms with Crippen molar-refractivity contribution in [2.24, 2.45) is 5.92 Å². The van der Waals surface area contributed by atoms with E-state index in [1.165, 1.54) is 0 Å². The maximum Gasteiger partial charge on any atom is 0.403 e. The highest BCUT2D eigenvalue weighted by Crippen LogP contribution is 2.42.